The van der Waals surface area contributed by atoms with Crippen LogP contribution < -0.4 is 5.69 Å². The molecule has 0 bridgehead atoms. The first kappa shape index (κ1) is 32.5. The summed E-state index contributed by atoms with van der Waals surface area (Å²) in [5.74, 6) is 0.687. The van der Waals surface area contributed by atoms with E-state index in [2.05, 4.69) is 133 Å². The summed E-state index contributed by atoms with van der Waals surface area (Å²) in [7, 11) is 3.70. The van der Waals surface area contributed by atoms with Crippen molar-refractivity contribution in [3.63, 3.8) is 0 Å². The van der Waals surface area contributed by atoms with Gasteiger partial charge in [-0.25, -0.2) is 14.8 Å². The maximum Gasteiger partial charge on any atom is 0.328 e. The molecule has 0 spiro atoms. The van der Waals surface area contributed by atoms with Gasteiger partial charge in [0, 0.05) is 36.3 Å². The Labute approximate surface area is 319 Å². The summed E-state index contributed by atoms with van der Waals surface area (Å²) in [6, 6.07) is 64.2. The van der Waals surface area contributed by atoms with Crippen LogP contribution in [0.5, 0.6) is 0 Å². The highest BCUT2D eigenvalue weighted by atomic mass is 16.1. The first-order chi connectivity index (χ1) is 27.0. The second-order valence-electron chi connectivity index (χ2n) is 14.3. The van der Waals surface area contributed by atoms with Gasteiger partial charge in [0.1, 0.15) is 0 Å². The van der Waals surface area contributed by atoms with Crippen molar-refractivity contribution in [2.75, 3.05) is 0 Å². The van der Waals surface area contributed by atoms with Gasteiger partial charge in [0.05, 0.1) is 27.8 Å². The minimum Gasteiger partial charge on any atom is -0.295 e. The third kappa shape index (κ3) is 5.04. The maximum absolute atomic E-state index is 13.1. The molecule has 0 saturated carbocycles. The Morgan fingerprint density at radius 2 is 0.945 bits per heavy atom. The number of fused-ring (bicyclic) bond motifs is 4. The number of aromatic nitrogens is 4. The largest absolute Gasteiger partial charge is 0.328 e. The Bertz CT molecular complexity index is 2850. The van der Waals surface area contributed by atoms with Gasteiger partial charge in [-0.1, -0.05) is 158 Å². The van der Waals surface area contributed by atoms with Gasteiger partial charge in [0.2, 0.25) is 0 Å². The summed E-state index contributed by atoms with van der Waals surface area (Å²) in [5.41, 5.74) is 15.1. The molecule has 0 saturated heterocycles. The SMILES string of the molecule is Cn1c(=O)n(C)c2c(-c3ccc4c(c3)C(c3ccccc3)(c3ccccc3)c3cc(-c5cc(-c6ccccc6)nc(-c6ccccc6)n5)ccc3-4)cccc21. The van der Waals surface area contributed by atoms with Crippen LogP contribution in [0.4, 0.5) is 0 Å². The first-order valence-electron chi connectivity index (χ1n) is 18.6. The minimum atomic E-state index is -0.646. The van der Waals surface area contributed by atoms with E-state index in [1.165, 1.54) is 33.4 Å². The molecular weight excluding hydrogens is 673 g/mol. The number of benzene rings is 7. The lowest BCUT2D eigenvalue weighted by Crippen LogP contribution is -2.28. The highest BCUT2D eigenvalue weighted by molar-refractivity contribution is 5.96. The molecule has 0 aliphatic heterocycles. The summed E-state index contributed by atoms with van der Waals surface area (Å²) in [4.78, 5) is 23.4. The lowest BCUT2D eigenvalue weighted by Gasteiger charge is -2.34. The van der Waals surface area contributed by atoms with Gasteiger partial charge in [0.15, 0.2) is 5.82 Å². The third-order valence-electron chi connectivity index (χ3n) is 11.3. The van der Waals surface area contributed by atoms with Crippen LogP contribution in [0.1, 0.15) is 22.3 Å². The van der Waals surface area contributed by atoms with Crippen molar-refractivity contribution >= 4 is 11.0 Å². The van der Waals surface area contributed by atoms with E-state index in [0.717, 1.165) is 50.2 Å². The van der Waals surface area contributed by atoms with E-state index in [4.69, 9.17) is 9.97 Å². The highest BCUT2D eigenvalue weighted by Gasteiger charge is 2.46. The van der Waals surface area contributed by atoms with Gasteiger partial charge in [0.25, 0.3) is 0 Å². The second-order valence-corrected chi connectivity index (χ2v) is 14.3. The van der Waals surface area contributed by atoms with E-state index in [1.54, 1.807) is 9.13 Å². The fraction of sp³-hybridized carbons (Fsp3) is 0.0600. The normalized spacial score (nSPS) is 12.8. The standard InChI is InChI=1S/C50H36N4O/c1-53-46-25-15-24-39(47(46)54(2)49(53)55)35-26-28-40-41-29-27-36(45-32-44(33-16-7-3-8-17-33)51-48(52-45)34-18-9-4-10-19-34)31-43(41)50(42(40)30-35,37-20-11-5-12-21-37)38-22-13-6-14-23-38/h3-32H,1-2H3. The number of hydrogen-bond donors (Lipinski definition) is 0. The lowest BCUT2D eigenvalue weighted by atomic mass is 9.67. The van der Waals surface area contributed by atoms with Gasteiger partial charge in [-0.05, 0) is 63.2 Å². The molecule has 9 aromatic rings. The molecule has 1 aliphatic rings. The molecule has 0 unspecified atom stereocenters. The number of hydrogen-bond acceptors (Lipinski definition) is 3. The molecule has 0 N–H and O–H groups in total. The smallest absolute Gasteiger partial charge is 0.295 e. The topological polar surface area (TPSA) is 52.7 Å². The average Bonchev–Trinajstić information content (AvgIpc) is 3.68. The zero-order chi connectivity index (χ0) is 37.1. The summed E-state index contributed by atoms with van der Waals surface area (Å²) in [6.45, 7) is 0. The summed E-state index contributed by atoms with van der Waals surface area (Å²) >= 11 is 0. The molecule has 2 aromatic heterocycles. The van der Waals surface area contributed by atoms with Gasteiger partial charge in [-0.15, -0.1) is 0 Å². The molecule has 10 rings (SSSR count). The fourth-order valence-electron chi connectivity index (χ4n) is 8.70. The molecule has 0 fully saturated rings. The van der Waals surface area contributed by atoms with Crippen LogP contribution >= 0.6 is 0 Å². The van der Waals surface area contributed by atoms with Gasteiger partial charge >= 0.3 is 5.69 Å². The van der Waals surface area contributed by atoms with Crippen molar-refractivity contribution in [1.82, 2.24) is 19.1 Å². The molecule has 0 amide bonds. The van der Waals surface area contributed by atoms with E-state index in [1.807, 2.05) is 62.6 Å². The average molecular weight is 709 g/mol. The zero-order valence-corrected chi connectivity index (χ0v) is 30.5. The first-order valence-corrected chi connectivity index (χ1v) is 18.6. The summed E-state index contributed by atoms with van der Waals surface area (Å²) in [6.07, 6.45) is 0. The van der Waals surface area contributed by atoms with Crippen LogP contribution in [0, 0.1) is 0 Å². The Hall–Kier alpha value is -7.11. The van der Waals surface area contributed by atoms with Crippen LogP contribution in [-0.2, 0) is 19.5 Å². The lowest BCUT2D eigenvalue weighted by molar-refractivity contribution is 0.769. The predicted molar refractivity (Wildman–Crippen MR) is 223 cm³/mol. The molecule has 55 heavy (non-hydrogen) atoms. The second kappa shape index (κ2) is 12.8. The van der Waals surface area contributed by atoms with Crippen LogP contribution in [0.25, 0.3) is 67.2 Å². The molecule has 5 nitrogen and oxygen atoms in total. The van der Waals surface area contributed by atoms with Crippen LogP contribution in [0.2, 0.25) is 0 Å². The highest BCUT2D eigenvalue weighted by Crippen LogP contribution is 2.57. The Morgan fingerprint density at radius 1 is 0.436 bits per heavy atom. The van der Waals surface area contributed by atoms with E-state index in [-0.39, 0.29) is 5.69 Å². The van der Waals surface area contributed by atoms with Gasteiger partial charge < -0.3 is 0 Å². The van der Waals surface area contributed by atoms with E-state index < -0.39 is 5.41 Å². The van der Waals surface area contributed by atoms with Gasteiger partial charge in [-0.3, -0.25) is 9.13 Å². The quantitative estimate of drug-likeness (QED) is 0.173. The Kier molecular flexibility index (Phi) is 7.56. The molecule has 262 valence electrons. The number of para-hydroxylation sites is 1. The maximum atomic E-state index is 13.1. The molecule has 7 aromatic carbocycles. The molecule has 5 heteroatoms. The monoisotopic (exact) mass is 708 g/mol. The molecule has 0 atom stereocenters. The van der Waals surface area contributed by atoms with E-state index in [0.29, 0.717) is 5.82 Å². The van der Waals surface area contributed by atoms with Crippen molar-refractivity contribution in [3.05, 3.63) is 215 Å². The Balaban J connectivity index is 1.25. The number of imidazole rings is 1. The van der Waals surface area contributed by atoms with Gasteiger partial charge in [-0.2, -0.15) is 0 Å². The third-order valence-corrected chi connectivity index (χ3v) is 11.3. The van der Waals surface area contributed by atoms with Crippen LogP contribution in [0.15, 0.2) is 187 Å². The van der Waals surface area contributed by atoms with E-state index in [9.17, 15) is 4.79 Å². The zero-order valence-electron chi connectivity index (χ0n) is 30.5. The van der Waals surface area contributed by atoms with Crippen molar-refractivity contribution in [2.45, 2.75) is 5.41 Å². The minimum absolute atomic E-state index is 0.0398. The van der Waals surface area contributed by atoms with Crippen molar-refractivity contribution in [1.29, 1.82) is 0 Å². The van der Waals surface area contributed by atoms with Crippen molar-refractivity contribution < 1.29 is 0 Å². The molecular formula is C50H36N4O. The molecule has 1 aliphatic carbocycles. The van der Waals surface area contributed by atoms with Crippen LogP contribution in [-0.4, -0.2) is 19.1 Å². The molecule has 2 heterocycles. The summed E-state index contributed by atoms with van der Waals surface area (Å²) < 4.78 is 3.48. The predicted octanol–water partition coefficient (Wildman–Crippen LogP) is 10.7. The Morgan fingerprint density at radius 3 is 1.55 bits per heavy atom. The molecule has 0 radical (unpaired) electrons. The van der Waals surface area contributed by atoms with Crippen molar-refractivity contribution in [2.24, 2.45) is 14.1 Å². The van der Waals surface area contributed by atoms with E-state index >= 15 is 0 Å². The van der Waals surface area contributed by atoms with Crippen molar-refractivity contribution in [3.8, 4) is 56.2 Å². The summed E-state index contributed by atoms with van der Waals surface area (Å²) in [5, 5.41) is 0. The van der Waals surface area contributed by atoms with Crippen LogP contribution in [0.3, 0.4) is 0 Å². The number of rotatable bonds is 6. The fourth-order valence-corrected chi connectivity index (χ4v) is 8.70. The number of aryl methyl sites for hydroxylation is 2. The number of nitrogens with zero attached hydrogens (tertiary/aromatic N) is 4.